The van der Waals surface area contributed by atoms with Crippen LogP contribution in [0.5, 0.6) is 0 Å². The van der Waals surface area contributed by atoms with Crippen LogP contribution in [0.4, 0.5) is 0 Å². The van der Waals surface area contributed by atoms with Gasteiger partial charge in [-0.25, -0.2) is 0 Å². The van der Waals surface area contributed by atoms with Gasteiger partial charge in [-0.3, -0.25) is 0 Å². The maximum absolute atomic E-state index is 5.65. The normalized spacial score (nSPS) is 13.4. The van der Waals surface area contributed by atoms with Crippen molar-refractivity contribution in [2.45, 2.75) is 59.4 Å². The van der Waals surface area contributed by atoms with Crippen LogP contribution in [-0.2, 0) is 14.2 Å². The van der Waals surface area contributed by atoms with E-state index in [9.17, 15) is 0 Å². The first-order valence-electron chi connectivity index (χ1n) is 6.13. The van der Waals surface area contributed by atoms with Crippen molar-refractivity contribution in [3.05, 3.63) is 0 Å². The first-order valence-corrected chi connectivity index (χ1v) is 6.13. The fourth-order valence-corrected chi connectivity index (χ4v) is 1.60. The van der Waals surface area contributed by atoms with Crippen LogP contribution in [0, 0.1) is 0 Å². The lowest BCUT2D eigenvalue weighted by atomic mass is 10.1. The first kappa shape index (κ1) is 14.9. The Labute approximate surface area is 94.1 Å². The van der Waals surface area contributed by atoms with Crippen LogP contribution in [0.3, 0.4) is 0 Å². The highest BCUT2D eigenvalue weighted by atomic mass is 16.7. The zero-order valence-corrected chi connectivity index (χ0v) is 10.6. The number of hydrogen-bond donors (Lipinski definition) is 0. The van der Waals surface area contributed by atoms with Crippen LogP contribution in [-0.4, -0.2) is 32.2 Å². The number of rotatable bonds is 10. The van der Waals surface area contributed by atoms with Gasteiger partial charge in [-0.15, -0.1) is 0 Å². The van der Waals surface area contributed by atoms with Crippen LogP contribution in [0.25, 0.3) is 0 Å². The van der Waals surface area contributed by atoms with E-state index in [0.29, 0.717) is 13.2 Å². The lowest BCUT2D eigenvalue weighted by Crippen LogP contribution is -2.26. The quantitative estimate of drug-likeness (QED) is 0.528. The molecule has 0 fully saturated rings. The summed E-state index contributed by atoms with van der Waals surface area (Å²) in [5.41, 5.74) is 0. The van der Waals surface area contributed by atoms with E-state index in [4.69, 9.17) is 14.2 Å². The highest BCUT2D eigenvalue weighted by Gasteiger charge is 2.16. The Morgan fingerprint density at radius 2 is 1.33 bits per heavy atom. The Morgan fingerprint density at radius 1 is 0.800 bits per heavy atom. The van der Waals surface area contributed by atoms with Crippen molar-refractivity contribution in [2.75, 3.05) is 19.8 Å². The fraction of sp³-hybridized carbons (Fsp3) is 1.00. The van der Waals surface area contributed by atoms with E-state index in [0.717, 1.165) is 25.9 Å². The third-order valence-electron chi connectivity index (χ3n) is 2.17. The number of hydrogen-bond acceptors (Lipinski definition) is 3. The van der Waals surface area contributed by atoms with E-state index in [1.165, 1.54) is 0 Å². The first-order chi connectivity index (χ1) is 7.28. The molecule has 0 bridgehead atoms. The molecule has 1 unspecified atom stereocenters. The average Bonchev–Trinajstić information content (AvgIpc) is 2.19. The summed E-state index contributed by atoms with van der Waals surface area (Å²) in [6.45, 7) is 10.3. The Balaban J connectivity index is 3.93. The van der Waals surface area contributed by atoms with Gasteiger partial charge >= 0.3 is 0 Å². The molecule has 3 nitrogen and oxygen atoms in total. The van der Waals surface area contributed by atoms with Gasteiger partial charge in [0.15, 0.2) is 6.29 Å². The van der Waals surface area contributed by atoms with Crippen molar-refractivity contribution in [1.29, 1.82) is 0 Å². The van der Waals surface area contributed by atoms with Crippen molar-refractivity contribution in [1.82, 2.24) is 0 Å². The summed E-state index contributed by atoms with van der Waals surface area (Å²) in [5, 5.41) is 0. The van der Waals surface area contributed by atoms with Crippen molar-refractivity contribution >= 4 is 0 Å². The number of ether oxygens (including phenoxy) is 3. The second-order valence-corrected chi connectivity index (χ2v) is 3.44. The van der Waals surface area contributed by atoms with E-state index in [1.54, 1.807) is 0 Å². The highest BCUT2D eigenvalue weighted by Crippen LogP contribution is 2.13. The molecule has 0 aromatic heterocycles. The summed E-state index contributed by atoms with van der Waals surface area (Å²) in [4.78, 5) is 0. The average molecular weight is 218 g/mol. The van der Waals surface area contributed by atoms with E-state index in [-0.39, 0.29) is 12.4 Å². The Hall–Kier alpha value is -0.120. The molecular formula is C12H26O3. The molecule has 0 rings (SSSR count). The summed E-state index contributed by atoms with van der Waals surface area (Å²) in [6.07, 6.45) is 3.20. The predicted octanol–water partition coefficient (Wildman–Crippen LogP) is 2.98. The molecule has 0 amide bonds. The molecule has 3 heteroatoms. The molecule has 0 aliphatic heterocycles. The summed E-state index contributed by atoms with van der Waals surface area (Å²) in [6, 6.07) is 0. The molecule has 0 heterocycles. The SMILES string of the molecule is CCCC(CC(OCC)OCC)OCC. The Bertz CT molecular complexity index is 102. The molecule has 0 spiro atoms. The van der Waals surface area contributed by atoms with Crippen LogP contribution >= 0.6 is 0 Å². The highest BCUT2D eigenvalue weighted by molar-refractivity contribution is 4.60. The van der Waals surface area contributed by atoms with Gasteiger partial charge in [-0.1, -0.05) is 13.3 Å². The summed E-state index contributed by atoms with van der Waals surface area (Å²) < 4.78 is 16.7. The third kappa shape index (κ3) is 7.77. The minimum absolute atomic E-state index is 0.108. The zero-order valence-electron chi connectivity index (χ0n) is 10.6. The van der Waals surface area contributed by atoms with Crippen molar-refractivity contribution in [2.24, 2.45) is 0 Å². The summed E-state index contributed by atoms with van der Waals surface area (Å²) in [5.74, 6) is 0. The van der Waals surface area contributed by atoms with Gasteiger partial charge in [-0.05, 0) is 27.2 Å². The van der Waals surface area contributed by atoms with Crippen LogP contribution in [0.1, 0.15) is 47.0 Å². The molecule has 0 N–H and O–H groups in total. The second-order valence-electron chi connectivity index (χ2n) is 3.44. The van der Waals surface area contributed by atoms with Crippen LogP contribution < -0.4 is 0 Å². The van der Waals surface area contributed by atoms with Gasteiger partial charge < -0.3 is 14.2 Å². The lowest BCUT2D eigenvalue weighted by molar-refractivity contribution is -0.157. The molecule has 1 atom stereocenters. The van der Waals surface area contributed by atoms with E-state index in [1.807, 2.05) is 20.8 Å². The third-order valence-corrected chi connectivity index (χ3v) is 2.17. The van der Waals surface area contributed by atoms with Gasteiger partial charge in [0.2, 0.25) is 0 Å². The molecule has 0 aliphatic rings. The molecule has 0 saturated heterocycles. The molecule has 0 aliphatic carbocycles. The van der Waals surface area contributed by atoms with Gasteiger partial charge in [0.05, 0.1) is 6.10 Å². The molecular weight excluding hydrogens is 192 g/mol. The van der Waals surface area contributed by atoms with Crippen LogP contribution in [0.15, 0.2) is 0 Å². The lowest BCUT2D eigenvalue weighted by Gasteiger charge is -2.23. The monoisotopic (exact) mass is 218 g/mol. The predicted molar refractivity (Wildman–Crippen MR) is 62.0 cm³/mol. The molecule has 0 aromatic rings. The molecule has 15 heavy (non-hydrogen) atoms. The minimum Gasteiger partial charge on any atom is -0.378 e. The summed E-state index contributed by atoms with van der Waals surface area (Å²) >= 11 is 0. The topological polar surface area (TPSA) is 27.7 Å². The second kappa shape index (κ2) is 10.4. The van der Waals surface area contributed by atoms with Crippen molar-refractivity contribution in [3.63, 3.8) is 0 Å². The van der Waals surface area contributed by atoms with Crippen molar-refractivity contribution in [3.8, 4) is 0 Å². The van der Waals surface area contributed by atoms with E-state index >= 15 is 0 Å². The molecule has 0 aromatic carbocycles. The maximum Gasteiger partial charge on any atom is 0.160 e. The zero-order chi connectivity index (χ0) is 11.5. The van der Waals surface area contributed by atoms with Crippen LogP contribution in [0.2, 0.25) is 0 Å². The minimum atomic E-state index is -0.108. The van der Waals surface area contributed by atoms with Gasteiger partial charge in [-0.2, -0.15) is 0 Å². The largest absolute Gasteiger partial charge is 0.378 e. The molecule has 0 radical (unpaired) electrons. The Morgan fingerprint density at radius 3 is 1.73 bits per heavy atom. The summed E-state index contributed by atoms with van der Waals surface area (Å²) in [7, 11) is 0. The standard InChI is InChI=1S/C12H26O3/c1-5-9-11(13-6-2)10-12(14-7-3)15-8-4/h11-12H,5-10H2,1-4H3. The Kier molecular flexibility index (Phi) is 10.3. The molecule has 0 saturated carbocycles. The van der Waals surface area contributed by atoms with E-state index < -0.39 is 0 Å². The van der Waals surface area contributed by atoms with Gasteiger partial charge in [0.25, 0.3) is 0 Å². The fourth-order valence-electron chi connectivity index (χ4n) is 1.60. The maximum atomic E-state index is 5.65. The van der Waals surface area contributed by atoms with Gasteiger partial charge in [0.1, 0.15) is 0 Å². The van der Waals surface area contributed by atoms with Gasteiger partial charge in [0, 0.05) is 26.2 Å². The van der Waals surface area contributed by atoms with E-state index in [2.05, 4.69) is 6.92 Å². The smallest absolute Gasteiger partial charge is 0.160 e. The van der Waals surface area contributed by atoms with Crippen molar-refractivity contribution < 1.29 is 14.2 Å². The molecule has 92 valence electrons.